The molecule has 2 aromatic rings. The summed E-state index contributed by atoms with van der Waals surface area (Å²) in [6.07, 6.45) is 0. The number of ketones is 1. The quantitative estimate of drug-likeness (QED) is 0.558. The van der Waals surface area contributed by atoms with Crippen molar-refractivity contribution in [1.82, 2.24) is 0 Å². The fourth-order valence-electron chi connectivity index (χ4n) is 2.04. The molecule has 21 heavy (non-hydrogen) atoms. The topological polar surface area (TPSA) is 26.3 Å². The van der Waals surface area contributed by atoms with Crippen LogP contribution in [0.15, 0.2) is 36.4 Å². The molecule has 2 aromatic carbocycles. The molecule has 0 fully saturated rings. The van der Waals surface area contributed by atoms with Crippen LogP contribution in [-0.2, 0) is 0 Å². The van der Waals surface area contributed by atoms with E-state index in [9.17, 15) is 4.79 Å². The van der Waals surface area contributed by atoms with Crippen LogP contribution in [0.4, 0.5) is 0 Å². The molecular formula is C18H24O2Si. The maximum Gasteiger partial charge on any atom is 0.250 e. The molecule has 0 aliphatic heterocycles. The van der Waals surface area contributed by atoms with Crippen molar-refractivity contribution in [3.63, 3.8) is 0 Å². The molecule has 0 saturated heterocycles. The van der Waals surface area contributed by atoms with Crippen LogP contribution in [0, 0.1) is 0 Å². The van der Waals surface area contributed by atoms with Gasteiger partial charge in [0, 0.05) is 5.39 Å². The summed E-state index contributed by atoms with van der Waals surface area (Å²) in [6.45, 7) is 12.6. The van der Waals surface area contributed by atoms with Crippen LogP contribution in [0.5, 0.6) is 5.75 Å². The maximum atomic E-state index is 12.0. The number of fused-ring (bicyclic) bond motifs is 1. The lowest BCUT2D eigenvalue weighted by atomic mass is 10.0. The van der Waals surface area contributed by atoms with E-state index in [0.717, 1.165) is 16.5 Å². The molecule has 0 saturated carbocycles. The van der Waals surface area contributed by atoms with Gasteiger partial charge in [0.2, 0.25) is 0 Å². The van der Waals surface area contributed by atoms with Crippen molar-refractivity contribution >= 4 is 24.9 Å². The lowest BCUT2D eigenvalue weighted by Gasteiger charge is -2.37. The van der Waals surface area contributed by atoms with Crippen molar-refractivity contribution in [2.24, 2.45) is 0 Å². The van der Waals surface area contributed by atoms with Gasteiger partial charge >= 0.3 is 0 Å². The first-order chi connectivity index (χ1) is 9.63. The normalized spacial score (nSPS) is 12.5. The highest BCUT2D eigenvalue weighted by Crippen LogP contribution is 2.40. The summed E-state index contributed by atoms with van der Waals surface area (Å²) in [6, 6.07) is 12.0. The lowest BCUT2D eigenvalue weighted by molar-refractivity contribution is 0.101. The summed E-state index contributed by atoms with van der Waals surface area (Å²) in [5.41, 5.74) is 0.679. The van der Waals surface area contributed by atoms with E-state index in [-0.39, 0.29) is 10.8 Å². The van der Waals surface area contributed by atoms with Crippen molar-refractivity contribution in [3.05, 3.63) is 42.0 Å². The Morgan fingerprint density at radius 2 is 1.67 bits per heavy atom. The smallest absolute Gasteiger partial charge is 0.250 e. The largest absolute Gasteiger partial charge is 0.543 e. The Hall–Kier alpha value is -1.61. The van der Waals surface area contributed by atoms with Gasteiger partial charge in [-0.1, -0.05) is 51.1 Å². The minimum absolute atomic E-state index is 0.0504. The monoisotopic (exact) mass is 300 g/mol. The van der Waals surface area contributed by atoms with Gasteiger partial charge in [0.15, 0.2) is 5.78 Å². The van der Waals surface area contributed by atoms with E-state index in [0.29, 0.717) is 5.56 Å². The molecule has 0 radical (unpaired) electrons. The third-order valence-corrected chi connectivity index (χ3v) is 8.75. The number of benzene rings is 2. The van der Waals surface area contributed by atoms with E-state index >= 15 is 0 Å². The molecule has 0 spiro atoms. The minimum Gasteiger partial charge on any atom is -0.543 e. The summed E-state index contributed by atoms with van der Waals surface area (Å²) in [4.78, 5) is 12.0. The van der Waals surface area contributed by atoms with Gasteiger partial charge in [-0.3, -0.25) is 4.79 Å². The molecule has 0 unspecified atom stereocenters. The van der Waals surface area contributed by atoms with Crippen LogP contribution < -0.4 is 4.43 Å². The SMILES string of the molecule is CC(=O)c1ccc2ccccc2c1O[Si](C)(C)C(C)(C)C. The molecule has 0 aliphatic carbocycles. The van der Waals surface area contributed by atoms with Gasteiger partial charge in [0.25, 0.3) is 8.32 Å². The number of rotatable bonds is 3. The number of carbonyl (C=O) groups excluding carboxylic acids is 1. The first-order valence-electron chi connectivity index (χ1n) is 7.35. The zero-order chi connectivity index (χ0) is 15.8. The Bertz CT molecular complexity index is 681. The molecule has 0 bridgehead atoms. The van der Waals surface area contributed by atoms with Gasteiger partial charge in [-0.15, -0.1) is 0 Å². The Labute approximate surface area is 128 Å². The highest BCUT2D eigenvalue weighted by atomic mass is 28.4. The zero-order valence-corrected chi connectivity index (χ0v) is 14.8. The maximum absolute atomic E-state index is 12.0. The molecule has 0 N–H and O–H groups in total. The molecular weight excluding hydrogens is 276 g/mol. The third kappa shape index (κ3) is 3.03. The number of carbonyl (C=O) groups is 1. The predicted molar refractivity (Wildman–Crippen MR) is 91.8 cm³/mol. The second kappa shape index (κ2) is 5.30. The van der Waals surface area contributed by atoms with Crippen LogP contribution in [0.25, 0.3) is 10.8 Å². The summed E-state index contributed by atoms with van der Waals surface area (Å²) < 4.78 is 6.49. The van der Waals surface area contributed by atoms with Crippen LogP contribution in [0.2, 0.25) is 18.1 Å². The lowest BCUT2D eigenvalue weighted by Crippen LogP contribution is -2.44. The van der Waals surface area contributed by atoms with Gasteiger partial charge in [-0.25, -0.2) is 0 Å². The fraction of sp³-hybridized carbons (Fsp3) is 0.389. The number of hydrogen-bond donors (Lipinski definition) is 0. The highest BCUT2D eigenvalue weighted by Gasteiger charge is 2.39. The Morgan fingerprint density at radius 1 is 1.05 bits per heavy atom. The Kier molecular flexibility index (Phi) is 3.98. The van der Waals surface area contributed by atoms with Gasteiger partial charge in [0.1, 0.15) is 5.75 Å². The summed E-state index contributed by atoms with van der Waals surface area (Å²) in [7, 11) is -1.99. The first-order valence-corrected chi connectivity index (χ1v) is 10.3. The summed E-state index contributed by atoms with van der Waals surface area (Å²) in [5, 5.41) is 2.23. The predicted octanol–water partition coefficient (Wildman–Crippen LogP) is 5.43. The van der Waals surface area contributed by atoms with E-state index in [2.05, 4.69) is 39.9 Å². The molecule has 2 nitrogen and oxygen atoms in total. The van der Waals surface area contributed by atoms with Crippen molar-refractivity contribution in [2.75, 3.05) is 0 Å². The van der Waals surface area contributed by atoms with Gasteiger partial charge in [-0.2, -0.15) is 0 Å². The first kappa shape index (κ1) is 15.8. The minimum atomic E-state index is -1.99. The van der Waals surface area contributed by atoms with Crippen molar-refractivity contribution in [1.29, 1.82) is 0 Å². The zero-order valence-electron chi connectivity index (χ0n) is 13.8. The highest BCUT2D eigenvalue weighted by molar-refractivity contribution is 6.74. The van der Waals surface area contributed by atoms with E-state index in [1.165, 1.54) is 0 Å². The number of Topliss-reactive ketones (excluding diaryl/α,β-unsaturated/α-hetero) is 1. The van der Waals surface area contributed by atoms with Crippen molar-refractivity contribution in [3.8, 4) is 5.75 Å². The molecule has 112 valence electrons. The van der Waals surface area contributed by atoms with Crippen LogP contribution in [0.3, 0.4) is 0 Å². The summed E-state index contributed by atoms with van der Waals surface area (Å²) in [5.74, 6) is 0.807. The molecule has 0 heterocycles. The van der Waals surface area contributed by atoms with E-state index < -0.39 is 8.32 Å². The summed E-state index contributed by atoms with van der Waals surface area (Å²) >= 11 is 0. The molecule has 3 heteroatoms. The average Bonchev–Trinajstić information content (AvgIpc) is 2.37. The van der Waals surface area contributed by atoms with Crippen LogP contribution in [0.1, 0.15) is 38.1 Å². The molecule has 0 aliphatic rings. The second-order valence-corrected chi connectivity index (χ2v) is 11.8. The van der Waals surface area contributed by atoms with Gasteiger partial charge in [-0.05, 0) is 36.5 Å². The van der Waals surface area contributed by atoms with Crippen molar-refractivity contribution in [2.45, 2.75) is 45.8 Å². The van der Waals surface area contributed by atoms with E-state index in [1.54, 1.807) is 6.92 Å². The van der Waals surface area contributed by atoms with E-state index in [1.807, 2.05) is 30.3 Å². The third-order valence-electron chi connectivity index (χ3n) is 4.42. The Balaban J connectivity index is 2.65. The average molecular weight is 300 g/mol. The standard InChI is InChI=1S/C18H24O2Si/c1-13(19)15-12-11-14-9-7-8-10-16(14)17(15)20-21(5,6)18(2,3)4/h7-12H,1-6H3. The molecule has 0 amide bonds. The molecule has 2 rings (SSSR count). The van der Waals surface area contributed by atoms with Crippen LogP contribution in [-0.4, -0.2) is 14.1 Å². The fourth-order valence-corrected chi connectivity index (χ4v) is 3.07. The Morgan fingerprint density at radius 3 is 2.24 bits per heavy atom. The second-order valence-electron chi connectivity index (χ2n) is 7.08. The molecule has 0 aromatic heterocycles. The molecule has 0 atom stereocenters. The van der Waals surface area contributed by atoms with Gasteiger partial charge < -0.3 is 4.43 Å². The number of hydrogen-bond acceptors (Lipinski definition) is 2. The van der Waals surface area contributed by atoms with E-state index in [4.69, 9.17) is 4.43 Å². The van der Waals surface area contributed by atoms with Crippen molar-refractivity contribution < 1.29 is 9.22 Å². The van der Waals surface area contributed by atoms with Crippen LogP contribution >= 0.6 is 0 Å². The van der Waals surface area contributed by atoms with Gasteiger partial charge in [0.05, 0.1) is 5.56 Å².